The van der Waals surface area contributed by atoms with Crippen LogP contribution in [0.5, 0.6) is 0 Å². The lowest BCUT2D eigenvalue weighted by Gasteiger charge is -2.32. The summed E-state index contributed by atoms with van der Waals surface area (Å²) in [5.41, 5.74) is 2.77. The summed E-state index contributed by atoms with van der Waals surface area (Å²) in [5.74, 6) is -0.873. The van der Waals surface area contributed by atoms with E-state index in [0.717, 1.165) is 15.4 Å². The molecule has 0 spiro atoms. The average molecular weight is 542 g/mol. The van der Waals surface area contributed by atoms with Crippen LogP contribution in [0.2, 0.25) is 5.02 Å². The highest BCUT2D eigenvalue weighted by Crippen LogP contribution is 2.26. The van der Waals surface area contributed by atoms with Crippen molar-refractivity contribution < 1.29 is 18.0 Å². The van der Waals surface area contributed by atoms with E-state index in [9.17, 15) is 18.0 Å². The maximum atomic E-state index is 13.8. The number of aryl methyl sites for hydroxylation is 2. The van der Waals surface area contributed by atoms with Crippen LogP contribution in [0.15, 0.2) is 77.7 Å². The summed E-state index contributed by atoms with van der Waals surface area (Å²) in [7, 11) is -4.09. The molecule has 37 heavy (non-hydrogen) atoms. The topological polar surface area (TPSA) is 86.8 Å². The number of nitrogens with one attached hydrogen (secondary N) is 1. The van der Waals surface area contributed by atoms with E-state index in [1.807, 2.05) is 19.9 Å². The van der Waals surface area contributed by atoms with Crippen molar-refractivity contribution in [2.75, 3.05) is 17.4 Å². The van der Waals surface area contributed by atoms with Gasteiger partial charge in [0.05, 0.1) is 10.6 Å². The molecular weight excluding hydrogens is 510 g/mol. The zero-order valence-electron chi connectivity index (χ0n) is 21.4. The number of carbonyl (C=O) groups is 2. The lowest BCUT2D eigenvalue weighted by molar-refractivity contribution is -0.139. The van der Waals surface area contributed by atoms with Crippen molar-refractivity contribution in [3.63, 3.8) is 0 Å². The normalized spacial score (nSPS) is 12.0. The predicted octanol–water partition coefficient (Wildman–Crippen LogP) is 4.71. The molecule has 7 nitrogen and oxygen atoms in total. The van der Waals surface area contributed by atoms with Crippen molar-refractivity contribution in [2.24, 2.45) is 0 Å². The van der Waals surface area contributed by atoms with Crippen LogP contribution in [-0.2, 0) is 26.2 Å². The van der Waals surface area contributed by atoms with Gasteiger partial charge in [-0.2, -0.15) is 0 Å². The van der Waals surface area contributed by atoms with Crippen LogP contribution in [0.1, 0.15) is 30.5 Å². The average Bonchev–Trinajstić information content (AvgIpc) is 2.86. The van der Waals surface area contributed by atoms with Gasteiger partial charge < -0.3 is 10.2 Å². The number of hydrogen-bond donors (Lipinski definition) is 1. The van der Waals surface area contributed by atoms with Crippen molar-refractivity contribution >= 4 is 39.1 Å². The number of halogens is 1. The first-order chi connectivity index (χ1) is 17.5. The molecule has 0 aliphatic carbocycles. The quantitative estimate of drug-likeness (QED) is 0.403. The lowest BCUT2D eigenvalue weighted by atomic mass is 10.1. The SMILES string of the molecule is CCNC(=O)C(C)N(Cc1ccccc1Cl)C(=O)CN(c1cccc(C)c1)S(=O)(=O)c1ccc(C)cc1. The Morgan fingerprint density at radius 1 is 0.946 bits per heavy atom. The molecule has 3 aromatic carbocycles. The molecule has 1 atom stereocenters. The Balaban J connectivity index is 2.04. The summed E-state index contributed by atoms with van der Waals surface area (Å²) in [6.45, 7) is 7.07. The van der Waals surface area contributed by atoms with Gasteiger partial charge in [0.2, 0.25) is 11.8 Å². The zero-order chi connectivity index (χ0) is 27.2. The van der Waals surface area contributed by atoms with Gasteiger partial charge in [-0.3, -0.25) is 13.9 Å². The van der Waals surface area contributed by atoms with Crippen LogP contribution in [-0.4, -0.2) is 44.3 Å². The fraction of sp³-hybridized carbons (Fsp3) is 0.286. The highest BCUT2D eigenvalue weighted by molar-refractivity contribution is 7.92. The van der Waals surface area contributed by atoms with Crippen LogP contribution in [0.25, 0.3) is 0 Å². The molecule has 0 saturated heterocycles. The fourth-order valence-electron chi connectivity index (χ4n) is 3.86. The second-order valence-corrected chi connectivity index (χ2v) is 11.1. The Kier molecular flexibility index (Phi) is 9.34. The van der Waals surface area contributed by atoms with Gasteiger partial charge in [0.25, 0.3) is 10.0 Å². The third-order valence-corrected chi connectivity index (χ3v) is 8.15. The molecule has 1 N–H and O–H groups in total. The first kappa shape index (κ1) is 28.2. The smallest absolute Gasteiger partial charge is 0.264 e. The molecule has 0 aromatic heterocycles. The first-order valence-electron chi connectivity index (χ1n) is 12.0. The first-order valence-corrected chi connectivity index (χ1v) is 13.8. The van der Waals surface area contributed by atoms with Crippen LogP contribution in [0.3, 0.4) is 0 Å². The van der Waals surface area contributed by atoms with Crippen molar-refractivity contribution in [3.8, 4) is 0 Å². The summed E-state index contributed by atoms with van der Waals surface area (Å²) >= 11 is 6.36. The minimum Gasteiger partial charge on any atom is -0.355 e. The molecule has 0 aliphatic heterocycles. The second kappa shape index (κ2) is 12.3. The molecule has 0 radical (unpaired) electrons. The fourth-order valence-corrected chi connectivity index (χ4v) is 5.47. The number of likely N-dealkylation sites (N-methyl/N-ethyl adjacent to an activating group) is 1. The van der Waals surface area contributed by atoms with Gasteiger partial charge in [-0.1, -0.05) is 59.6 Å². The summed E-state index contributed by atoms with van der Waals surface area (Å²) in [5, 5.41) is 3.19. The Morgan fingerprint density at radius 3 is 2.24 bits per heavy atom. The molecule has 0 bridgehead atoms. The van der Waals surface area contributed by atoms with E-state index in [4.69, 9.17) is 11.6 Å². The Morgan fingerprint density at radius 2 is 1.62 bits per heavy atom. The van der Waals surface area contributed by atoms with E-state index >= 15 is 0 Å². The van der Waals surface area contributed by atoms with Crippen molar-refractivity contribution in [3.05, 3.63) is 94.5 Å². The van der Waals surface area contributed by atoms with Crippen LogP contribution < -0.4 is 9.62 Å². The molecule has 9 heteroatoms. The van der Waals surface area contributed by atoms with Gasteiger partial charge in [-0.25, -0.2) is 8.42 Å². The highest BCUT2D eigenvalue weighted by atomic mass is 35.5. The third-order valence-electron chi connectivity index (χ3n) is 5.99. The van der Waals surface area contributed by atoms with E-state index in [1.165, 1.54) is 17.0 Å². The molecule has 0 heterocycles. The highest BCUT2D eigenvalue weighted by Gasteiger charge is 2.32. The van der Waals surface area contributed by atoms with Crippen LogP contribution in [0, 0.1) is 13.8 Å². The number of rotatable bonds is 10. The van der Waals surface area contributed by atoms with E-state index in [2.05, 4.69) is 5.32 Å². The molecule has 3 aromatic rings. The molecule has 196 valence electrons. The van der Waals surface area contributed by atoms with Gasteiger partial charge in [-0.15, -0.1) is 0 Å². The van der Waals surface area contributed by atoms with Gasteiger partial charge >= 0.3 is 0 Å². The van der Waals surface area contributed by atoms with E-state index in [1.54, 1.807) is 68.4 Å². The maximum Gasteiger partial charge on any atom is 0.264 e. The minimum atomic E-state index is -4.09. The Hall–Kier alpha value is -3.36. The molecule has 1 unspecified atom stereocenters. The summed E-state index contributed by atoms with van der Waals surface area (Å²) in [6.07, 6.45) is 0. The number of nitrogens with zero attached hydrogens (tertiary/aromatic N) is 2. The second-order valence-electron chi connectivity index (χ2n) is 8.85. The number of anilines is 1. The largest absolute Gasteiger partial charge is 0.355 e. The van der Waals surface area contributed by atoms with Gasteiger partial charge in [-0.05, 0) is 69.2 Å². The number of amides is 2. The van der Waals surface area contributed by atoms with Gasteiger partial charge in [0.1, 0.15) is 12.6 Å². The molecule has 0 aliphatic rings. The maximum absolute atomic E-state index is 13.8. The lowest BCUT2D eigenvalue weighted by Crippen LogP contribution is -2.51. The molecule has 2 amide bonds. The van der Waals surface area contributed by atoms with E-state index in [-0.39, 0.29) is 17.3 Å². The Bertz CT molecular complexity index is 1360. The number of benzene rings is 3. The predicted molar refractivity (Wildman–Crippen MR) is 147 cm³/mol. The number of sulfonamides is 1. The van der Waals surface area contributed by atoms with E-state index in [0.29, 0.717) is 22.8 Å². The monoisotopic (exact) mass is 541 g/mol. The molecular formula is C28H32ClN3O4S. The number of carbonyl (C=O) groups excluding carboxylic acids is 2. The third kappa shape index (κ3) is 6.90. The Labute approximate surface area is 224 Å². The summed E-state index contributed by atoms with van der Waals surface area (Å²) < 4.78 is 28.7. The van der Waals surface area contributed by atoms with Crippen LogP contribution in [0.4, 0.5) is 5.69 Å². The summed E-state index contributed by atoms with van der Waals surface area (Å²) in [4.78, 5) is 28.0. The molecule has 3 rings (SSSR count). The zero-order valence-corrected chi connectivity index (χ0v) is 23.0. The van der Waals surface area contributed by atoms with Crippen LogP contribution >= 0.6 is 11.6 Å². The summed E-state index contributed by atoms with van der Waals surface area (Å²) in [6, 6.07) is 19.6. The molecule has 0 saturated carbocycles. The van der Waals surface area contributed by atoms with Gasteiger partial charge in [0.15, 0.2) is 0 Å². The number of hydrogen-bond acceptors (Lipinski definition) is 4. The van der Waals surface area contributed by atoms with E-state index < -0.39 is 28.5 Å². The van der Waals surface area contributed by atoms with Crippen molar-refractivity contribution in [1.29, 1.82) is 0 Å². The van der Waals surface area contributed by atoms with Crippen molar-refractivity contribution in [1.82, 2.24) is 10.2 Å². The molecule has 0 fully saturated rings. The minimum absolute atomic E-state index is 0.0447. The standard InChI is InChI=1S/C28H32ClN3O4S/c1-5-30-28(34)22(4)31(18-23-10-6-7-12-26(23)29)27(33)19-32(24-11-8-9-21(3)17-24)37(35,36)25-15-13-20(2)14-16-25/h6-17,22H,5,18-19H2,1-4H3,(H,30,34). The van der Waals surface area contributed by atoms with Gasteiger partial charge in [0, 0.05) is 18.1 Å². The van der Waals surface area contributed by atoms with Crippen molar-refractivity contribution in [2.45, 2.75) is 45.2 Å².